The Morgan fingerprint density at radius 3 is 2.57 bits per heavy atom. The van der Waals surface area contributed by atoms with Crippen molar-refractivity contribution in [2.75, 3.05) is 17.3 Å². The normalized spacial score (nSPS) is 13.8. The van der Waals surface area contributed by atoms with Gasteiger partial charge in [-0.1, -0.05) is 56.8 Å². The third-order valence-corrected chi connectivity index (χ3v) is 5.78. The molecule has 1 amide bonds. The average molecular weight is 427 g/mol. The molecule has 1 aromatic heterocycles. The summed E-state index contributed by atoms with van der Waals surface area (Å²) >= 11 is 1.50. The second-order valence-corrected chi connectivity index (χ2v) is 9.09. The van der Waals surface area contributed by atoms with Crippen LogP contribution in [0.5, 0.6) is 5.75 Å². The molecule has 0 saturated carbocycles. The van der Waals surface area contributed by atoms with Crippen molar-refractivity contribution >= 4 is 17.7 Å². The first-order valence-electron chi connectivity index (χ1n) is 9.72. The lowest BCUT2D eigenvalue weighted by atomic mass is 9.87. The van der Waals surface area contributed by atoms with Crippen molar-refractivity contribution in [2.24, 2.45) is 0 Å². The molecule has 0 spiro atoms. The highest BCUT2D eigenvalue weighted by atomic mass is 32.2. The second kappa shape index (κ2) is 8.10. The largest absolute Gasteiger partial charge is 0.486 e. The number of thioether (sulfide) groups is 1. The number of fused-ring (bicyclic) bond motifs is 1. The van der Waals surface area contributed by atoms with Gasteiger partial charge in [0.2, 0.25) is 5.16 Å². The number of nitrogens with zero attached hydrogens (tertiary/aromatic N) is 4. The van der Waals surface area contributed by atoms with Crippen molar-refractivity contribution < 1.29 is 13.9 Å². The zero-order valence-electron chi connectivity index (χ0n) is 17.1. The first-order chi connectivity index (χ1) is 14.3. The minimum absolute atomic E-state index is 0.0219. The molecule has 8 heteroatoms. The summed E-state index contributed by atoms with van der Waals surface area (Å²) < 4.78 is 21.7. The Labute approximate surface area is 179 Å². The van der Waals surface area contributed by atoms with E-state index in [1.54, 1.807) is 16.8 Å². The lowest BCUT2D eigenvalue weighted by molar-refractivity contribution is 0.0948. The number of carbonyl (C=O) groups is 1. The van der Waals surface area contributed by atoms with E-state index in [1.165, 1.54) is 34.5 Å². The van der Waals surface area contributed by atoms with Gasteiger partial charge in [0.05, 0.1) is 12.1 Å². The van der Waals surface area contributed by atoms with Crippen molar-refractivity contribution in [1.29, 1.82) is 0 Å². The smallest absolute Gasteiger partial charge is 0.275 e. The van der Waals surface area contributed by atoms with Crippen molar-refractivity contribution in [3.05, 3.63) is 71.3 Å². The highest BCUT2D eigenvalue weighted by Crippen LogP contribution is 2.26. The second-order valence-electron chi connectivity index (χ2n) is 8.03. The Bertz CT molecular complexity index is 1060. The number of carbonyl (C=O) groups excluding carboxylic acids is 1. The van der Waals surface area contributed by atoms with Gasteiger partial charge in [0.15, 0.2) is 5.82 Å². The van der Waals surface area contributed by atoms with Gasteiger partial charge in [0.1, 0.15) is 18.2 Å². The van der Waals surface area contributed by atoms with Crippen molar-refractivity contribution in [3.8, 4) is 5.75 Å². The van der Waals surface area contributed by atoms with E-state index in [0.29, 0.717) is 29.0 Å². The van der Waals surface area contributed by atoms with E-state index in [2.05, 4.69) is 31.0 Å². The summed E-state index contributed by atoms with van der Waals surface area (Å²) in [4.78, 5) is 13.0. The van der Waals surface area contributed by atoms with Crippen LogP contribution in [0.25, 0.3) is 0 Å². The maximum atomic E-state index is 14.2. The standard InChI is InChI=1S/C22H23FN4O2S/c1-22(2,3)15-8-10-16(11-9-15)29-14-19-24-25-21-27(19)26(12-13-30-21)20(28)17-6-4-5-7-18(17)23/h4-11H,12-14H2,1-3H3. The molecule has 0 fully saturated rings. The van der Waals surface area contributed by atoms with Crippen LogP contribution in [-0.2, 0) is 12.0 Å². The summed E-state index contributed by atoms with van der Waals surface area (Å²) in [5.74, 6) is 0.878. The Morgan fingerprint density at radius 2 is 1.87 bits per heavy atom. The quantitative estimate of drug-likeness (QED) is 0.626. The molecule has 4 rings (SSSR count). The van der Waals surface area contributed by atoms with Crippen LogP contribution < -0.4 is 9.75 Å². The third kappa shape index (κ3) is 4.05. The topological polar surface area (TPSA) is 60.3 Å². The number of aromatic nitrogens is 3. The van der Waals surface area contributed by atoms with Gasteiger partial charge in [-0.3, -0.25) is 4.79 Å². The Hall–Kier alpha value is -2.87. The molecule has 0 aliphatic carbocycles. The van der Waals surface area contributed by atoms with Crippen molar-refractivity contribution in [3.63, 3.8) is 0 Å². The Morgan fingerprint density at radius 1 is 1.13 bits per heavy atom. The number of hydrogen-bond acceptors (Lipinski definition) is 5. The van der Waals surface area contributed by atoms with E-state index in [4.69, 9.17) is 4.74 Å². The van der Waals surface area contributed by atoms with Crippen LogP contribution in [-0.4, -0.2) is 33.1 Å². The minimum atomic E-state index is -0.549. The van der Waals surface area contributed by atoms with Crippen LogP contribution in [0.15, 0.2) is 53.7 Å². The number of halogens is 1. The maximum Gasteiger partial charge on any atom is 0.275 e. The van der Waals surface area contributed by atoms with Crippen molar-refractivity contribution in [2.45, 2.75) is 37.9 Å². The molecule has 2 heterocycles. The van der Waals surface area contributed by atoms with E-state index in [1.807, 2.05) is 24.3 Å². The van der Waals surface area contributed by atoms with Crippen LogP contribution in [0.1, 0.15) is 42.5 Å². The molecule has 0 atom stereocenters. The molecule has 156 valence electrons. The first-order valence-corrected chi connectivity index (χ1v) is 10.7. The van der Waals surface area contributed by atoms with E-state index in [9.17, 15) is 9.18 Å². The van der Waals surface area contributed by atoms with Gasteiger partial charge in [-0.2, -0.15) is 0 Å². The lowest BCUT2D eigenvalue weighted by Crippen LogP contribution is -2.46. The predicted octanol–water partition coefficient (Wildman–Crippen LogP) is 4.18. The van der Waals surface area contributed by atoms with E-state index >= 15 is 0 Å². The highest BCUT2D eigenvalue weighted by Gasteiger charge is 2.29. The van der Waals surface area contributed by atoms with Gasteiger partial charge in [-0.05, 0) is 35.2 Å². The molecule has 0 saturated heterocycles. The van der Waals surface area contributed by atoms with Gasteiger partial charge in [-0.25, -0.2) is 14.1 Å². The molecule has 30 heavy (non-hydrogen) atoms. The molecule has 0 unspecified atom stereocenters. The SMILES string of the molecule is CC(C)(C)c1ccc(OCc2nnc3n2N(C(=O)c2ccccc2F)CCS3)cc1. The molecule has 6 nitrogen and oxygen atoms in total. The minimum Gasteiger partial charge on any atom is -0.486 e. The Kier molecular flexibility index (Phi) is 5.51. The molecule has 3 aromatic rings. The fourth-order valence-electron chi connectivity index (χ4n) is 3.21. The number of benzene rings is 2. The monoisotopic (exact) mass is 426 g/mol. The number of rotatable bonds is 4. The van der Waals surface area contributed by atoms with Crippen molar-refractivity contribution in [1.82, 2.24) is 14.9 Å². The molecule has 0 radical (unpaired) electrons. The summed E-state index contributed by atoms with van der Waals surface area (Å²) in [5, 5.41) is 10.4. The van der Waals surface area contributed by atoms with Gasteiger partial charge in [-0.15, -0.1) is 10.2 Å². The van der Waals surface area contributed by atoms with Crippen LogP contribution >= 0.6 is 11.8 Å². The molecule has 1 aliphatic rings. The fourth-order valence-corrected chi connectivity index (χ4v) is 4.08. The van der Waals surface area contributed by atoms with Gasteiger partial charge in [0.25, 0.3) is 5.91 Å². The first kappa shape index (κ1) is 20.4. The highest BCUT2D eigenvalue weighted by molar-refractivity contribution is 7.99. The summed E-state index contributed by atoms with van der Waals surface area (Å²) in [5.41, 5.74) is 1.30. The molecule has 2 aromatic carbocycles. The van der Waals surface area contributed by atoms with E-state index < -0.39 is 11.7 Å². The number of hydrogen-bond donors (Lipinski definition) is 0. The number of amides is 1. The summed E-state index contributed by atoms with van der Waals surface area (Å²) in [6, 6.07) is 13.9. The van der Waals surface area contributed by atoms with Crippen LogP contribution in [0.2, 0.25) is 0 Å². The van der Waals surface area contributed by atoms with Gasteiger partial charge in [0, 0.05) is 5.75 Å². The zero-order valence-corrected chi connectivity index (χ0v) is 17.9. The third-order valence-electron chi connectivity index (χ3n) is 4.88. The van der Waals surface area contributed by atoms with Crippen LogP contribution in [0, 0.1) is 5.82 Å². The Balaban J connectivity index is 1.55. The summed E-state index contributed by atoms with van der Waals surface area (Å²) in [7, 11) is 0. The summed E-state index contributed by atoms with van der Waals surface area (Å²) in [6.07, 6.45) is 0. The zero-order chi connectivity index (χ0) is 21.3. The molecule has 0 bridgehead atoms. The fraction of sp³-hybridized carbons (Fsp3) is 0.318. The average Bonchev–Trinajstić information content (AvgIpc) is 3.15. The van der Waals surface area contributed by atoms with E-state index in [0.717, 1.165) is 0 Å². The van der Waals surface area contributed by atoms with Crippen LogP contribution in [0.3, 0.4) is 0 Å². The van der Waals surface area contributed by atoms with Gasteiger partial charge < -0.3 is 4.74 Å². The summed E-state index contributed by atoms with van der Waals surface area (Å²) in [6.45, 7) is 7.04. The molecular formula is C22H23FN4O2S. The lowest BCUT2D eigenvalue weighted by Gasteiger charge is -2.29. The van der Waals surface area contributed by atoms with Gasteiger partial charge >= 0.3 is 0 Å². The molecule has 1 aliphatic heterocycles. The predicted molar refractivity (Wildman–Crippen MR) is 114 cm³/mol. The van der Waals surface area contributed by atoms with E-state index in [-0.39, 0.29) is 17.6 Å². The van der Waals surface area contributed by atoms with Crippen LogP contribution in [0.4, 0.5) is 4.39 Å². The maximum absolute atomic E-state index is 14.2. The number of ether oxygens (including phenoxy) is 1. The molecule has 0 N–H and O–H groups in total. The molecular weight excluding hydrogens is 403 g/mol.